The molecule has 0 spiro atoms. The van der Waals surface area contributed by atoms with Crippen molar-refractivity contribution in [2.24, 2.45) is 15.4 Å². The molecule has 2 aliphatic heterocycles. The first-order chi connectivity index (χ1) is 31.6. The number of amidine groups is 2. The maximum Gasteiger partial charge on any atom is 0.308 e. The van der Waals surface area contributed by atoms with Crippen molar-refractivity contribution in [2.75, 3.05) is 31.7 Å². The van der Waals surface area contributed by atoms with Crippen LogP contribution >= 0.6 is 45.9 Å². The number of aryl methyl sites for hydroxylation is 2. The lowest BCUT2D eigenvalue weighted by Gasteiger charge is -2.32. The number of amides is 2. The number of carbonyl (C=O) groups is 3. The lowest BCUT2D eigenvalue weighted by atomic mass is 9.94. The molecule has 0 fully saturated rings. The first kappa shape index (κ1) is 49.3. The Balaban J connectivity index is 1.03. The first-order valence-electron chi connectivity index (χ1n) is 21.6. The molecule has 0 bridgehead atoms. The van der Waals surface area contributed by atoms with Crippen LogP contribution in [0.1, 0.15) is 113 Å². The van der Waals surface area contributed by atoms with Gasteiger partial charge in [0.2, 0.25) is 5.91 Å². The number of thiophene rings is 2. The number of anilines is 1. The summed E-state index contributed by atoms with van der Waals surface area (Å²) in [5.74, 6) is 0.207. The fourth-order valence-corrected chi connectivity index (χ4v) is 10.6. The molecule has 0 aliphatic carbocycles. The van der Waals surface area contributed by atoms with Crippen LogP contribution in [0.5, 0.6) is 0 Å². The van der Waals surface area contributed by atoms with E-state index in [1.165, 1.54) is 29.8 Å². The third-order valence-corrected chi connectivity index (χ3v) is 14.7. The Morgan fingerprint density at radius 1 is 0.791 bits per heavy atom. The highest BCUT2D eigenvalue weighted by Crippen LogP contribution is 2.42. The number of hydrogen-bond donors (Lipinski definition) is 4. The molecule has 352 valence electrons. The van der Waals surface area contributed by atoms with Gasteiger partial charge < -0.3 is 20.1 Å². The van der Waals surface area contributed by atoms with Gasteiger partial charge >= 0.3 is 5.97 Å². The van der Waals surface area contributed by atoms with E-state index in [1.54, 1.807) is 36.1 Å². The second kappa shape index (κ2) is 19.6. The Morgan fingerprint density at radius 2 is 1.37 bits per heavy atom. The van der Waals surface area contributed by atoms with Crippen molar-refractivity contribution in [3.63, 3.8) is 0 Å². The molecule has 0 radical (unpaired) electrons. The number of esters is 1. The van der Waals surface area contributed by atoms with Crippen LogP contribution in [0.25, 0.3) is 5.00 Å². The SMILES string of the molecule is COC(=O)C[C@@H]1N=C(c2ccc(Cl)cc2)c2c(sc(C(=O)NCC(C)(C)COC(C)(C)CNC(=O)C[C@@H]3N=C(c4ccc(Cl)cc4)c4c(sc(C)c4C)N(C(C)=N)C3=N)c2C)-n2c(C)nnc21. The number of halogens is 2. The number of nitrogens with one attached hydrogen (secondary N) is 4. The summed E-state index contributed by atoms with van der Waals surface area (Å²) < 4.78 is 13.3. The zero-order valence-corrected chi connectivity index (χ0v) is 42.3. The van der Waals surface area contributed by atoms with Crippen molar-refractivity contribution in [3.05, 3.63) is 113 Å². The summed E-state index contributed by atoms with van der Waals surface area (Å²) in [4.78, 5) is 53.7. The highest BCUT2D eigenvalue weighted by molar-refractivity contribution is 7.17. The predicted octanol–water partition coefficient (Wildman–Crippen LogP) is 9.14. The maximum absolute atomic E-state index is 14.1. The Bertz CT molecular complexity index is 2840. The minimum Gasteiger partial charge on any atom is -0.469 e. The van der Waals surface area contributed by atoms with Crippen LogP contribution in [0.2, 0.25) is 10.0 Å². The summed E-state index contributed by atoms with van der Waals surface area (Å²) in [7, 11) is 1.33. The van der Waals surface area contributed by atoms with Crippen molar-refractivity contribution in [2.45, 2.75) is 92.8 Å². The molecule has 3 aromatic heterocycles. The average Bonchev–Trinajstić information content (AvgIpc) is 3.86. The zero-order chi connectivity index (χ0) is 48.7. The van der Waals surface area contributed by atoms with Crippen LogP contribution in [0, 0.1) is 43.9 Å². The van der Waals surface area contributed by atoms with E-state index in [-0.39, 0.29) is 56.0 Å². The number of fused-ring (bicyclic) bond motifs is 4. The number of benzene rings is 2. The van der Waals surface area contributed by atoms with Crippen LogP contribution < -0.4 is 15.5 Å². The number of rotatable bonds is 14. The summed E-state index contributed by atoms with van der Waals surface area (Å²) >= 11 is 15.3. The lowest BCUT2D eigenvalue weighted by Crippen LogP contribution is -2.46. The number of ether oxygens (including phenoxy) is 2. The number of aliphatic imine (C=N–C) groups is 2. The molecule has 5 aromatic rings. The van der Waals surface area contributed by atoms with Crippen LogP contribution in [0.15, 0.2) is 58.5 Å². The van der Waals surface area contributed by atoms with Crippen molar-refractivity contribution in [3.8, 4) is 5.00 Å². The van der Waals surface area contributed by atoms with Gasteiger partial charge in [-0.25, -0.2) is 0 Å². The van der Waals surface area contributed by atoms with E-state index in [9.17, 15) is 19.8 Å². The zero-order valence-electron chi connectivity index (χ0n) is 39.1. The Hall–Kier alpha value is -5.59. The number of aromatic nitrogens is 3. The standard InChI is InChI=1S/C48H54Cl2N10O5S2/c1-24-26(3)66-45-37(24)39(29-11-15-31(49)16-12-29)55-33(42(52)59(45)27(4)51)19-35(61)53-22-48(8,9)65-23-47(6,7)21-54-44(63)41-25(2)38-40(30-13-17-32(50)18-14-30)56-34(20-36(62)64-10)43-58-57-28(5)60(43)46(38)67-41/h11-18,33-34,51-52H,19-23H2,1-10H3,(H,53,61)(H,54,63)/t33-,34-/m0/s1. The van der Waals surface area contributed by atoms with Crippen LogP contribution in [-0.4, -0.2) is 94.1 Å². The second-order valence-electron chi connectivity index (χ2n) is 18.1. The highest BCUT2D eigenvalue weighted by atomic mass is 35.5. The summed E-state index contributed by atoms with van der Waals surface area (Å²) in [6, 6.07) is 13.0. The summed E-state index contributed by atoms with van der Waals surface area (Å²) in [5.41, 5.74) is 4.74. The molecule has 0 unspecified atom stereocenters. The maximum atomic E-state index is 14.1. The van der Waals surface area contributed by atoms with Gasteiger partial charge in [-0.15, -0.1) is 32.9 Å². The summed E-state index contributed by atoms with van der Waals surface area (Å²) in [5, 5.41) is 35.4. The quantitative estimate of drug-likeness (QED) is 0.0479. The molecule has 15 nitrogen and oxygen atoms in total. The van der Waals surface area contributed by atoms with Crippen molar-refractivity contribution < 1.29 is 23.9 Å². The molecule has 19 heteroatoms. The Labute approximate surface area is 408 Å². The first-order valence-corrected chi connectivity index (χ1v) is 24.0. The fourth-order valence-electron chi connectivity index (χ4n) is 7.82. The van der Waals surface area contributed by atoms with Gasteiger partial charge in [0, 0.05) is 55.7 Å². The number of hydrogen-bond acceptors (Lipinski definition) is 13. The average molecular weight is 986 g/mol. The van der Waals surface area contributed by atoms with E-state index >= 15 is 0 Å². The third kappa shape index (κ3) is 10.5. The van der Waals surface area contributed by atoms with Gasteiger partial charge in [-0.3, -0.25) is 44.7 Å². The molecule has 0 saturated carbocycles. The Kier molecular flexibility index (Phi) is 14.4. The van der Waals surface area contributed by atoms with Gasteiger partial charge in [-0.05, 0) is 83.9 Å². The van der Waals surface area contributed by atoms with Crippen molar-refractivity contribution in [1.29, 1.82) is 10.8 Å². The monoisotopic (exact) mass is 984 g/mol. The molecule has 2 aliphatic rings. The molecule has 2 aromatic carbocycles. The Morgan fingerprint density at radius 3 is 1.96 bits per heavy atom. The van der Waals surface area contributed by atoms with Gasteiger partial charge in [-0.1, -0.05) is 61.3 Å². The van der Waals surface area contributed by atoms with Crippen LogP contribution in [0.3, 0.4) is 0 Å². The van der Waals surface area contributed by atoms with E-state index < -0.39 is 29.1 Å². The summed E-state index contributed by atoms with van der Waals surface area (Å²) in [6.07, 6.45) is -0.173. The van der Waals surface area contributed by atoms with E-state index in [2.05, 4.69) is 20.8 Å². The molecular weight excluding hydrogens is 932 g/mol. The van der Waals surface area contributed by atoms with Gasteiger partial charge in [0.15, 0.2) is 5.82 Å². The van der Waals surface area contributed by atoms with E-state index in [0.29, 0.717) is 48.6 Å². The minimum atomic E-state index is -0.874. The molecule has 5 heterocycles. The highest BCUT2D eigenvalue weighted by Gasteiger charge is 2.37. The van der Waals surface area contributed by atoms with Gasteiger partial charge in [0.05, 0.1) is 48.5 Å². The van der Waals surface area contributed by atoms with E-state index in [0.717, 1.165) is 37.7 Å². The largest absolute Gasteiger partial charge is 0.469 e. The second-order valence-corrected chi connectivity index (χ2v) is 21.2. The van der Waals surface area contributed by atoms with Crippen LogP contribution in [-0.2, 0) is 19.1 Å². The predicted molar refractivity (Wildman–Crippen MR) is 267 cm³/mol. The lowest BCUT2D eigenvalue weighted by molar-refractivity contribution is -0.141. The molecule has 4 N–H and O–H groups in total. The van der Waals surface area contributed by atoms with E-state index in [1.807, 2.05) is 84.2 Å². The van der Waals surface area contributed by atoms with Gasteiger partial charge in [-0.2, -0.15) is 0 Å². The number of methoxy groups -OCH3 is 1. The smallest absolute Gasteiger partial charge is 0.308 e. The minimum absolute atomic E-state index is 0.0415. The molecule has 7 rings (SSSR count). The van der Waals surface area contributed by atoms with Gasteiger partial charge in [0.1, 0.15) is 39.6 Å². The fraction of sp³-hybridized carbons (Fsp3) is 0.396. The number of nitrogens with zero attached hydrogens (tertiary/aromatic N) is 6. The molecular formula is C48H54Cl2N10O5S2. The van der Waals surface area contributed by atoms with Crippen molar-refractivity contribution in [1.82, 2.24) is 25.4 Å². The van der Waals surface area contributed by atoms with E-state index in [4.69, 9.17) is 48.1 Å². The van der Waals surface area contributed by atoms with Crippen LogP contribution in [0.4, 0.5) is 5.00 Å². The number of carbonyl (C=O) groups excluding carboxylic acids is 3. The topological polar surface area (TPSA) is 200 Å². The normalized spacial score (nSPS) is 15.9. The molecule has 0 saturated heterocycles. The molecule has 67 heavy (non-hydrogen) atoms. The van der Waals surface area contributed by atoms with Crippen molar-refractivity contribution >= 4 is 91.8 Å². The van der Waals surface area contributed by atoms with Gasteiger partial charge in [0.25, 0.3) is 5.91 Å². The third-order valence-electron chi connectivity index (χ3n) is 11.7. The molecule has 2 amide bonds. The molecule has 2 atom stereocenters. The summed E-state index contributed by atoms with van der Waals surface area (Å²) in [6.45, 7) is 17.8.